The van der Waals surface area contributed by atoms with Crippen LogP contribution in [0.25, 0.3) is 0 Å². The highest BCUT2D eigenvalue weighted by Crippen LogP contribution is 2.33. The number of aliphatic hydroxyl groups is 1. The Balaban J connectivity index is 3.15. The topological polar surface area (TPSA) is 108 Å². The summed E-state index contributed by atoms with van der Waals surface area (Å²) in [4.78, 5) is 24.4. The second-order valence-electron chi connectivity index (χ2n) is 4.13. The summed E-state index contributed by atoms with van der Waals surface area (Å²) in [6, 6.07) is 2.09. The summed E-state index contributed by atoms with van der Waals surface area (Å²) < 4.78 is 10.1. The number of benzene rings is 1. The lowest BCUT2D eigenvalue weighted by atomic mass is 10.1. The fourth-order valence-corrected chi connectivity index (χ4v) is 1.62. The molecule has 3 N–H and O–H groups in total. The van der Waals surface area contributed by atoms with E-state index in [-0.39, 0.29) is 30.2 Å². The van der Waals surface area contributed by atoms with Crippen molar-refractivity contribution < 1.29 is 29.3 Å². The highest BCUT2D eigenvalue weighted by molar-refractivity contribution is 6.01. The summed E-state index contributed by atoms with van der Waals surface area (Å²) in [6.07, 6.45) is 0. The van der Waals surface area contributed by atoms with Crippen LogP contribution in [0.2, 0.25) is 0 Å². The summed E-state index contributed by atoms with van der Waals surface area (Å²) in [7, 11) is 4.27. The largest absolute Gasteiger partial charge is 0.493 e. The molecule has 0 atom stereocenters. The van der Waals surface area contributed by atoms with Gasteiger partial charge in [0.25, 0.3) is 0 Å². The Hall–Kier alpha value is -2.48. The number of urea groups is 1. The maximum atomic E-state index is 11.9. The van der Waals surface area contributed by atoms with Crippen LogP contribution >= 0.6 is 0 Å². The van der Waals surface area contributed by atoms with Crippen LogP contribution < -0.4 is 14.8 Å². The van der Waals surface area contributed by atoms with E-state index in [1.807, 2.05) is 0 Å². The number of aromatic carboxylic acids is 1. The number of hydrogen-bond acceptors (Lipinski definition) is 5. The molecule has 0 saturated carbocycles. The van der Waals surface area contributed by atoms with Crippen molar-refractivity contribution in [2.45, 2.75) is 0 Å². The predicted octanol–water partition coefficient (Wildman–Crippen LogP) is 0.858. The maximum Gasteiger partial charge on any atom is 0.337 e. The minimum atomic E-state index is -1.21. The van der Waals surface area contributed by atoms with Gasteiger partial charge in [0.15, 0.2) is 11.5 Å². The summed E-state index contributed by atoms with van der Waals surface area (Å²) in [5, 5.41) is 20.5. The van der Waals surface area contributed by atoms with Gasteiger partial charge < -0.3 is 29.9 Å². The molecular formula is C13H18N2O6. The summed E-state index contributed by atoms with van der Waals surface area (Å²) in [5.74, 6) is -0.671. The van der Waals surface area contributed by atoms with E-state index in [1.165, 1.54) is 38.3 Å². The van der Waals surface area contributed by atoms with E-state index in [2.05, 4.69) is 5.32 Å². The molecule has 0 saturated heterocycles. The first-order valence-electron chi connectivity index (χ1n) is 6.06. The van der Waals surface area contributed by atoms with Crippen LogP contribution in [0.15, 0.2) is 12.1 Å². The number of carboxylic acids is 1. The Morgan fingerprint density at radius 1 is 1.24 bits per heavy atom. The number of methoxy groups -OCH3 is 2. The molecule has 0 aliphatic rings. The van der Waals surface area contributed by atoms with Gasteiger partial charge in [-0.1, -0.05) is 0 Å². The van der Waals surface area contributed by atoms with Crippen LogP contribution in [-0.2, 0) is 0 Å². The fraction of sp³-hybridized carbons (Fsp3) is 0.385. The van der Waals surface area contributed by atoms with Crippen molar-refractivity contribution in [1.82, 2.24) is 4.90 Å². The summed E-state index contributed by atoms with van der Waals surface area (Å²) >= 11 is 0. The second kappa shape index (κ2) is 7.34. The van der Waals surface area contributed by atoms with Crippen molar-refractivity contribution in [2.24, 2.45) is 0 Å². The van der Waals surface area contributed by atoms with Gasteiger partial charge in [0, 0.05) is 25.7 Å². The van der Waals surface area contributed by atoms with Gasteiger partial charge in [0.05, 0.1) is 32.1 Å². The molecule has 1 aromatic carbocycles. The van der Waals surface area contributed by atoms with Gasteiger partial charge in [-0.2, -0.15) is 0 Å². The number of aliphatic hydroxyl groups excluding tert-OH is 1. The first-order valence-corrected chi connectivity index (χ1v) is 6.06. The summed E-state index contributed by atoms with van der Waals surface area (Å²) in [6.45, 7) is -0.0663. The Kier molecular flexibility index (Phi) is 5.79. The van der Waals surface area contributed by atoms with Crippen molar-refractivity contribution in [3.8, 4) is 11.5 Å². The molecule has 0 fully saturated rings. The molecule has 0 aliphatic heterocycles. The first kappa shape index (κ1) is 16.6. The predicted molar refractivity (Wildman–Crippen MR) is 75.2 cm³/mol. The lowest BCUT2D eigenvalue weighted by Gasteiger charge is -2.18. The number of carbonyl (C=O) groups is 2. The Morgan fingerprint density at radius 3 is 2.29 bits per heavy atom. The van der Waals surface area contributed by atoms with Crippen molar-refractivity contribution in [1.29, 1.82) is 0 Å². The number of anilines is 1. The number of rotatable bonds is 6. The third-order valence-corrected chi connectivity index (χ3v) is 2.78. The van der Waals surface area contributed by atoms with E-state index < -0.39 is 12.0 Å². The van der Waals surface area contributed by atoms with Crippen LogP contribution in [-0.4, -0.2) is 61.5 Å². The van der Waals surface area contributed by atoms with E-state index >= 15 is 0 Å². The van der Waals surface area contributed by atoms with Gasteiger partial charge >= 0.3 is 12.0 Å². The Bertz CT molecular complexity index is 532. The molecule has 0 unspecified atom stereocenters. The van der Waals surface area contributed by atoms with Crippen molar-refractivity contribution >= 4 is 17.7 Å². The number of nitrogens with one attached hydrogen (secondary N) is 1. The molecule has 2 amide bonds. The smallest absolute Gasteiger partial charge is 0.337 e. The molecule has 0 spiro atoms. The molecule has 0 radical (unpaired) electrons. The second-order valence-corrected chi connectivity index (χ2v) is 4.13. The average Bonchev–Trinajstić information content (AvgIpc) is 2.46. The zero-order valence-electron chi connectivity index (χ0n) is 12.0. The molecule has 0 aromatic heterocycles. The molecule has 0 aliphatic carbocycles. The number of ether oxygens (including phenoxy) is 2. The van der Waals surface area contributed by atoms with Crippen LogP contribution in [0.1, 0.15) is 10.4 Å². The van der Waals surface area contributed by atoms with E-state index in [9.17, 15) is 14.7 Å². The highest BCUT2D eigenvalue weighted by Gasteiger charge is 2.19. The van der Waals surface area contributed by atoms with Gasteiger partial charge in [-0.15, -0.1) is 0 Å². The lowest BCUT2D eigenvalue weighted by molar-refractivity contribution is 0.0697. The molecule has 1 aromatic rings. The van der Waals surface area contributed by atoms with Gasteiger partial charge in [0.1, 0.15) is 0 Å². The SMILES string of the molecule is COc1cc(NC(=O)N(C)CCO)c(C(=O)O)cc1OC. The maximum absolute atomic E-state index is 11.9. The monoisotopic (exact) mass is 298 g/mol. The zero-order valence-corrected chi connectivity index (χ0v) is 12.0. The third kappa shape index (κ3) is 3.99. The molecule has 8 nitrogen and oxygen atoms in total. The summed E-state index contributed by atoms with van der Waals surface area (Å²) in [5.41, 5.74) is -0.0478. The first-order chi connectivity index (χ1) is 9.94. The number of nitrogens with zero attached hydrogens (tertiary/aromatic N) is 1. The van der Waals surface area contributed by atoms with E-state index in [0.29, 0.717) is 5.75 Å². The fourth-order valence-electron chi connectivity index (χ4n) is 1.62. The van der Waals surface area contributed by atoms with E-state index in [4.69, 9.17) is 14.6 Å². The zero-order chi connectivity index (χ0) is 16.0. The van der Waals surface area contributed by atoms with Crippen LogP contribution in [0.4, 0.5) is 10.5 Å². The molecule has 116 valence electrons. The Morgan fingerprint density at radius 2 is 1.81 bits per heavy atom. The third-order valence-electron chi connectivity index (χ3n) is 2.78. The minimum absolute atomic E-state index is 0.0786. The number of amides is 2. The van der Waals surface area contributed by atoms with Crippen LogP contribution in [0, 0.1) is 0 Å². The highest BCUT2D eigenvalue weighted by atomic mass is 16.5. The lowest BCUT2D eigenvalue weighted by Crippen LogP contribution is -2.33. The average molecular weight is 298 g/mol. The van der Waals surface area contributed by atoms with Gasteiger partial charge in [0.2, 0.25) is 0 Å². The normalized spacial score (nSPS) is 9.90. The standard InChI is InChI=1S/C13H18N2O6/c1-15(4-5-16)13(19)14-9-7-11(21-3)10(20-2)6-8(9)12(17)18/h6-7,16H,4-5H2,1-3H3,(H,14,19)(H,17,18). The van der Waals surface area contributed by atoms with Crippen molar-refractivity contribution in [3.63, 3.8) is 0 Å². The molecule has 21 heavy (non-hydrogen) atoms. The van der Waals surface area contributed by atoms with Crippen molar-refractivity contribution in [3.05, 3.63) is 17.7 Å². The van der Waals surface area contributed by atoms with Crippen molar-refractivity contribution in [2.75, 3.05) is 39.7 Å². The molecule has 0 heterocycles. The molecule has 8 heteroatoms. The quantitative estimate of drug-likeness (QED) is 0.718. The van der Waals surface area contributed by atoms with Crippen LogP contribution in [0.5, 0.6) is 11.5 Å². The number of hydrogen-bond donors (Lipinski definition) is 3. The minimum Gasteiger partial charge on any atom is -0.493 e. The number of carboxylic acid groups (broad SMARTS) is 1. The van der Waals surface area contributed by atoms with E-state index in [0.717, 1.165) is 0 Å². The molecule has 0 bridgehead atoms. The number of carbonyl (C=O) groups excluding carboxylic acids is 1. The van der Waals surface area contributed by atoms with Gasteiger partial charge in [-0.05, 0) is 0 Å². The molecule has 1 rings (SSSR count). The van der Waals surface area contributed by atoms with Gasteiger partial charge in [-0.25, -0.2) is 9.59 Å². The van der Waals surface area contributed by atoms with Crippen LogP contribution in [0.3, 0.4) is 0 Å². The Labute approximate surface area is 121 Å². The number of likely N-dealkylation sites (N-methyl/N-ethyl adjacent to an activating group) is 1. The molecular weight excluding hydrogens is 280 g/mol. The van der Waals surface area contributed by atoms with Gasteiger partial charge in [-0.3, -0.25) is 0 Å². The van der Waals surface area contributed by atoms with E-state index in [1.54, 1.807) is 0 Å².